The van der Waals surface area contributed by atoms with Crippen LogP contribution in [0, 0.1) is 23.7 Å². The number of aliphatic hydroxyl groups is 1. The van der Waals surface area contributed by atoms with Crippen molar-refractivity contribution in [2.75, 3.05) is 13.2 Å². The Morgan fingerprint density at radius 3 is 2.65 bits per heavy atom. The average Bonchev–Trinajstić information content (AvgIpc) is 2.89. The van der Waals surface area contributed by atoms with Crippen molar-refractivity contribution in [1.82, 2.24) is 5.32 Å². The maximum Gasteiger partial charge on any atom is 0.223 e. The van der Waals surface area contributed by atoms with Crippen molar-refractivity contribution in [2.45, 2.75) is 58.0 Å². The Balaban J connectivity index is 1.90. The predicted molar refractivity (Wildman–Crippen MR) is 95.8 cm³/mol. The lowest BCUT2D eigenvalue weighted by Gasteiger charge is -2.27. The minimum absolute atomic E-state index is 0.0910. The van der Waals surface area contributed by atoms with E-state index in [0.717, 1.165) is 25.7 Å². The van der Waals surface area contributed by atoms with Gasteiger partial charge in [0.05, 0.1) is 12.7 Å². The molecule has 2 rings (SSSR count). The van der Waals surface area contributed by atoms with Gasteiger partial charge in [-0.25, -0.2) is 0 Å². The highest BCUT2D eigenvalue weighted by Gasteiger charge is 2.40. The van der Waals surface area contributed by atoms with Crippen LogP contribution in [0.3, 0.4) is 0 Å². The molecule has 0 radical (unpaired) electrons. The van der Waals surface area contributed by atoms with Crippen LogP contribution in [-0.2, 0) is 9.32 Å². The van der Waals surface area contributed by atoms with Gasteiger partial charge in [-0.2, -0.15) is 0 Å². The van der Waals surface area contributed by atoms with Crippen molar-refractivity contribution in [3.8, 4) is 0 Å². The van der Waals surface area contributed by atoms with Crippen LogP contribution >= 0.6 is 9.47 Å². The third kappa shape index (κ3) is 5.27. The number of nitrogens with one attached hydrogen (secondary N) is 1. The molecule has 0 heterocycles. The number of hydrogen-bond donors (Lipinski definition) is 2. The Kier molecular flexibility index (Phi) is 8.02. The van der Waals surface area contributed by atoms with Crippen molar-refractivity contribution >= 4 is 15.4 Å². The zero-order chi connectivity index (χ0) is 16.7. The molecule has 0 bridgehead atoms. The van der Waals surface area contributed by atoms with Gasteiger partial charge in [0.1, 0.15) is 0 Å². The normalized spacial score (nSPS) is 32.5. The molecule has 4 nitrogen and oxygen atoms in total. The van der Waals surface area contributed by atoms with E-state index >= 15 is 0 Å². The fourth-order valence-electron chi connectivity index (χ4n) is 4.32. The van der Waals surface area contributed by atoms with Gasteiger partial charge in [0.15, 0.2) is 0 Å². The van der Waals surface area contributed by atoms with E-state index < -0.39 is 0 Å². The van der Waals surface area contributed by atoms with Crippen LogP contribution in [0.2, 0.25) is 0 Å². The van der Waals surface area contributed by atoms with Crippen LogP contribution in [0.15, 0.2) is 12.2 Å². The van der Waals surface area contributed by atoms with Crippen LogP contribution in [0.5, 0.6) is 0 Å². The molecule has 1 amide bonds. The van der Waals surface area contributed by atoms with E-state index in [0.29, 0.717) is 24.3 Å². The molecule has 2 fully saturated rings. The van der Waals surface area contributed by atoms with Crippen molar-refractivity contribution in [1.29, 1.82) is 0 Å². The van der Waals surface area contributed by atoms with Crippen molar-refractivity contribution in [2.24, 2.45) is 23.7 Å². The third-order valence-electron chi connectivity index (χ3n) is 5.71. The van der Waals surface area contributed by atoms with E-state index in [1.807, 2.05) is 0 Å². The Hall–Kier alpha value is -0.440. The number of allylic oxidation sites excluding steroid dienone is 1. The standard InChI is InChI=1S/C18H32NO3P/c1-13-11-17(22-23)16(15(13)9-5-6-10-20)12-19-18(21)14-7-3-2-4-8-14/h5-6,13-17,20H,2-4,7-12,23H2,1H3,(H,19,21)/b6-5-/t13-,15-,16+,17?/m0/s1. The van der Waals surface area contributed by atoms with Gasteiger partial charge in [-0.1, -0.05) is 38.3 Å². The van der Waals surface area contributed by atoms with Gasteiger partial charge in [0, 0.05) is 27.8 Å². The molecular weight excluding hydrogens is 309 g/mol. The molecule has 2 saturated carbocycles. The monoisotopic (exact) mass is 341 g/mol. The first-order valence-corrected chi connectivity index (χ1v) is 9.53. The zero-order valence-corrected chi connectivity index (χ0v) is 15.4. The Morgan fingerprint density at radius 2 is 2.00 bits per heavy atom. The summed E-state index contributed by atoms with van der Waals surface area (Å²) in [5.41, 5.74) is 0. The summed E-state index contributed by atoms with van der Waals surface area (Å²) in [6, 6.07) is 0. The number of carbonyl (C=O) groups is 1. The maximum atomic E-state index is 12.4. The second-order valence-corrected chi connectivity index (χ2v) is 7.46. The van der Waals surface area contributed by atoms with Gasteiger partial charge in [-0.3, -0.25) is 4.79 Å². The summed E-state index contributed by atoms with van der Waals surface area (Å²) < 4.78 is 5.60. The Labute approximate surface area is 142 Å². The summed E-state index contributed by atoms with van der Waals surface area (Å²) in [6.45, 7) is 3.06. The topological polar surface area (TPSA) is 58.6 Å². The minimum atomic E-state index is 0.0910. The second-order valence-electron chi connectivity index (χ2n) is 7.18. The van der Waals surface area contributed by atoms with Gasteiger partial charge in [0.2, 0.25) is 5.91 Å². The number of rotatable bonds is 7. The SMILES string of the molecule is C[C@H]1CC(OP)[C@H](CNC(=O)C2CCCCC2)[C@H]1C/C=C\CO. The fourth-order valence-corrected chi connectivity index (χ4v) is 4.63. The molecule has 0 saturated heterocycles. The van der Waals surface area contributed by atoms with E-state index in [1.54, 1.807) is 6.08 Å². The lowest BCUT2D eigenvalue weighted by Crippen LogP contribution is -2.39. The minimum Gasteiger partial charge on any atom is -0.392 e. The van der Waals surface area contributed by atoms with E-state index in [-0.39, 0.29) is 24.5 Å². The van der Waals surface area contributed by atoms with E-state index in [1.165, 1.54) is 19.3 Å². The molecule has 0 aromatic rings. The largest absolute Gasteiger partial charge is 0.392 e. The molecule has 2 N–H and O–H groups in total. The smallest absolute Gasteiger partial charge is 0.223 e. The molecule has 23 heavy (non-hydrogen) atoms. The Morgan fingerprint density at radius 1 is 1.26 bits per heavy atom. The first-order valence-electron chi connectivity index (χ1n) is 9.06. The van der Waals surface area contributed by atoms with Crippen molar-refractivity contribution < 1.29 is 14.4 Å². The summed E-state index contributed by atoms with van der Waals surface area (Å²) in [4.78, 5) is 12.4. The molecule has 2 unspecified atom stereocenters. The highest BCUT2D eigenvalue weighted by Crippen LogP contribution is 2.41. The molecular formula is C18H32NO3P. The molecule has 2 aliphatic carbocycles. The van der Waals surface area contributed by atoms with Crippen molar-refractivity contribution in [3.05, 3.63) is 12.2 Å². The molecule has 132 valence electrons. The molecule has 0 spiro atoms. The highest BCUT2D eigenvalue weighted by atomic mass is 31.0. The molecule has 0 aromatic heterocycles. The highest BCUT2D eigenvalue weighted by molar-refractivity contribution is 7.09. The molecule has 0 aromatic carbocycles. The summed E-state index contributed by atoms with van der Waals surface area (Å²) in [5, 5.41) is 12.1. The lowest BCUT2D eigenvalue weighted by atomic mass is 9.86. The van der Waals surface area contributed by atoms with Crippen LogP contribution < -0.4 is 5.32 Å². The number of carbonyl (C=O) groups excluding carboxylic acids is 1. The molecule has 5 atom stereocenters. The quantitative estimate of drug-likeness (QED) is 0.553. The number of amides is 1. The van der Waals surface area contributed by atoms with Gasteiger partial charge in [-0.15, -0.1) is 0 Å². The zero-order valence-electron chi connectivity index (χ0n) is 14.2. The van der Waals surface area contributed by atoms with E-state index in [4.69, 9.17) is 9.63 Å². The summed E-state index contributed by atoms with van der Waals surface area (Å²) in [7, 11) is 2.39. The van der Waals surface area contributed by atoms with Crippen LogP contribution in [0.1, 0.15) is 51.9 Å². The van der Waals surface area contributed by atoms with Gasteiger partial charge >= 0.3 is 0 Å². The molecule has 0 aliphatic heterocycles. The third-order valence-corrected chi connectivity index (χ3v) is 6.06. The summed E-state index contributed by atoms with van der Waals surface area (Å²) in [5.74, 6) is 1.86. The van der Waals surface area contributed by atoms with Gasteiger partial charge in [0.25, 0.3) is 0 Å². The van der Waals surface area contributed by atoms with E-state index in [9.17, 15) is 4.79 Å². The van der Waals surface area contributed by atoms with E-state index in [2.05, 4.69) is 27.8 Å². The lowest BCUT2D eigenvalue weighted by molar-refractivity contribution is -0.126. The first kappa shape index (κ1) is 18.9. The molecule has 2 aliphatic rings. The van der Waals surface area contributed by atoms with Crippen molar-refractivity contribution in [3.63, 3.8) is 0 Å². The summed E-state index contributed by atoms with van der Waals surface area (Å²) >= 11 is 0. The average molecular weight is 341 g/mol. The first-order chi connectivity index (χ1) is 11.2. The second kappa shape index (κ2) is 9.76. The van der Waals surface area contributed by atoms with Gasteiger partial charge < -0.3 is 14.9 Å². The number of hydrogen-bond acceptors (Lipinski definition) is 3. The van der Waals surface area contributed by atoms with Gasteiger partial charge in [-0.05, 0) is 37.5 Å². The molecule has 5 heteroatoms. The summed E-state index contributed by atoms with van der Waals surface area (Å²) in [6.07, 6.45) is 11.7. The predicted octanol–water partition coefficient (Wildman–Crippen LogP) is 3.07. The Bertz CT molecular complexity index is 396. The fraction of sp³-hybridized carbons (Fsp3) is 0.833. The number of aliphatic hydroxyl groups excluding tert-OH is 1. The maximum absolute atomic E-state index is 12.4. The van der Waals surface area contributed by atoms with Crippen LogP contribution in [0.25, 0.3) is 0 Å². The van der Waals surface area contributed by atoms with Crippen LogP contribution in [-0.4, -0.2) is 30.3 Å². The van der Waals surface area contributed by atoms with Crippen LogP contribution in [0.4, 0.5) is 0 Å².